The number of ether oxygens (including phenoxy) is 1. The van der Waals surface area contributed by atoms with E-state index in [1.807, 2.05) is 19.2 Å². The monoisotopic (exact) mass is 270 g/mol. The summed E-state index contributed by atoms with van der Waals surface area (Å²) in [6, 6.07) is 6.09. The summed E-state index contributed by atoms with van der Waals surface area (Å²) in [6.45, 7) is 2.97. The van der Waals surface area contributed by atoms with Crippen molar-refractivity contribution in [3.05, 3.63) is 28.8 Å². The summed E-state index contributed by atoms with van der Waals surface area (Å²) >= 11 is 6.32. The van der Waals surface area contributed by atoms with Gasteiger partial charge in [0.1, 0.15) is 0 Å². The van der Waals surface area contributed by atoms with Gasteiger partial charge in [0.25, 0.3) is 0 Å². The van der Waals surface area contributed by atoms with Crippen LogP contribution in [0.5, 0.6) is 0 Å². The molecule has 0 aliphatic carbocycles. The smallest absolute Gasteiger partial charge is 0.0980 e. The van der Waals surface area contributed by atoms with Gasteiger partial charge in [-0.15, -0.1) is 0 Å². The summed E-state index contributed by atoms with van der Waals surface area (Å²) < 4.78 is 5.44. The second kappa shape index (κ2) is 6.38. The van der Waals surface area contributed by atoms with Gasteiger partial charge >= 0.3 is 0 Å². The van der Waals surface area contributed by atoms with Crippen LogP contribution >= 0.6 is 11.6 Å². The number of hydrogen-bond acceptors (Lipinski definition) is 4. The first-order chi connectivity index (χ1) is 8.74. The molecule has 1 unspecified atom stereocenters. The molecule has 5 heteroatoms. The number of aliphatic hydroxyl groups excluding tert-OH is 1. The molecule has 0 aromatic heterocycles. The Morgan fingerprint density at radius 2 is 2.39 bits per heavy atom. The molecule has 0 saturated carbocycles. The van der Waals surface area contributed by atoms with Crippen molar-refractivity contribution in [2.45, 2.75) is 12.6 Å². The highest BCUT2D eigenvalue weighted by atomic mass is 35.5. The Bertz CT molecular complexity index is 401. The first-order valence-electron chi connectivity index (χ1n) is 6.15. The normalized spacial score (nSPS) is 20.2. The zero-order valence-electron chi connectivity index (χ0n) is 10.5. The van der Waals surface area contributed by atoms with Crippen molar-refractivity contribution in [2.24, 2.45) is 0 Å². The lowest BCUT2D eigenvalue weighted by atomic mass is 10.1. The van der Waals surface area contributed by atoms with Crippen LogP contribution < -0.4 is 10.2 Å². The van der Waals surface area contributed by atoms with Crippen LogP contribution in [0.25, 0.3) is 0 Å². The van der Waals surface area contributed by atoms with Crippen molar-refractivity contribution in [3.63, 3.8) is 0 Å². The van der Waals surface area contributed by atoms with Crippen LogP contribution in [0.4, 0.5) is 5.69 Å². The molecule has 1 saturated heterocycles. The number of halogens is 1. The molecule has 1 aromatic rings. The molecule has 100 valence electrons. The topological polar surface area (TPSA) is 44.7 Å². The van der Waals surface area contributed by atoms with Crippen molar-refractivity contribution in [3.8, 4) is 0 Å². The van der Waals surface area contributed by atoms with Crippen molar-refractivity contribution < 1.29 is 9.84 Å². The molecule has 1 aliphatic heterocycles. The lowest BCUT2D eigenvalue weighted by Crippen LogP contribution is -2.44. The van der Waals surface area contributed by atoms with Crippen molar-refractivity contribution in [1.29, 1.82) is 0 Å². The highest BCUT2D eigenvalue weighted by Gasteiger charge is 2.21. The lowest BCUT2D eigenvalue weighted by Gasteiger charge is -2.34. The van der Waals surface area contributed by atoms with Crippen LogP contribution in [0.3, 0.4) is 0 Å². The molecule has 18 heavy (non-hydrogen) atoms. The Kier molecular flexibility index (Phi) is 4.83. The van der Waals surface area contributed by atoms with E-state index in [1.54, 1.807) is 0 Å². The minimum Gasteiger partial charge on any atom is -0.394 e. The molecule has 1 aromatic carbocycles. The molecule has 0 bridgehead atoms. The fourth-order valence-corrected chi connectivity index (χ4v) is 2.49. The number of nitrogens with one attached hydrogen (secondary N) is 1. The molecule has 0 radical (unpaired) electrons. The van der Waals surface area contributed by atoms with E-state index in [4.69, 9.17) is 21.4 Å². The van der Waals surface area contributed by atoms with Gasteiger partial charge in [0, 0.05) is 19.6 Å². The van der Waals surface area contributed by atoms with E-state index < -0.39 is 0 Å². The van der Waals surface area contributed by atoms with E-state index >= 15 is 0 Å². The highest BCUT2D eigenvalue weighted by molar-refractivity contribution is 6.33. The molecule has 0 spiro atoms. The predicted molar refractivity (Wildman–Crippen MR) is 73.3 cm³/mol. The van der Waals surface area contributed by atoms with Gasteiger partial charge < -0.3 is 20.1 Å². The van der Waals surface area contributed by atoms with Gasteiger partial charge in [0.05, 0.1) is 30.0 Å². The molecule has 2 rings (SSSR count). The van der Waals surface area contributed by atoms with Crippen molar-refractivity contribution in [2.75, 3.05) is 38.3 Å². The molecule has 1 heterocycles. The third-order valence-electron chi connectivity index (χ3n) is 3.08. The van der Waals surface area contributed by atoms with E-state index in [1.165, 1.54) is 5.56 Å². The van der Waals surface area contributed by atoms with Gasteiger partial charge in [-0.1, -0.05) is 17.7 Å². The lowest BCUT2D eigenvalue weighted by molar-refractivity contribution is 0.00357. The van der Waals surface area contributed by atoms with Crippen LogP contribution in [-0.4, -0.2) is 44.6 Å². The molecule has 0 amide bonds. The quantitative estimate of drug-likeness (QED) is 0.865. The fourth-order valence-electron chi connectivity index (χ4n) is 2.17. The first kappa shape index (κ1) is 13.6. The van der Waals surface area contributed by atoms with E-state index in [9.17, 15) is 0 Å². The van der Waals surface area contributed by atoms with Gasteiger partial charge in [0.2, 0.25) is 0 Å². The molecule has 1 fully saturated rings. The van der Waals surface area contributed by atoms with Gasteiger partial charge in [0.15, 0.2) is 0 Å². The average molecular weight is 271 g/mol. The molecule has 2 N–H and O–H groups in total. The van der Waals surface area contributed by atoms with Crippen LogP contribution in [0.2, 0.25) is 5.02 Å². The first-order valence-corrected chi connectivity index (χ1v) is 6.53. The zero-order valence-corrected chi connectivity index (χ0v) is 11.3. The molecular weight excluding hydrogens is 252 g/mol. The number of nitrogens with zero attached hydrogens (tertiary/aromatic N) is 1. The third-order valence-corrected chi connectivity index (χ3v) is 3.38. The Morgan fingerprint density at radius 3 is 3.06 bits per heavy atom. The van der Waals surface area contributed by atoms with Crippen LogP contribution in [0.1, 0.15) is 5.56 Å². The number of benzene rings is 1. The minimum atomic E-state index is -0.119. The summed E-state index contributed by atoms with van der Waals surface area (Å²) in [5, 5.41) is 13.0. The molecule has 1 aliphatic rings. The largest absolute Gasteiger partial charge is 0.394 e. The van der Waals surface area contributed by atoms with Crippen molar-refractivity contribution >= 4 is 17.3 Å². The van der Waals surface area contributed by atoms with E-state index in [0.717, 1.165) is 23.8 Å². The Labute approximate surface area is 113 Å². The standard InChI is InChI=1S/C13H19ClN2O2/c1-15-7-10-2-3-13(12(14)6-10)16-4-5-18-11(8-16)9-17/h2-3,6,11,15,17H,4-5,7-9H2,1H3. The number of hydrogen-bond donors (Lipinski definition) is 2. The second-order valence-electron chi connectivity index (χ2n) is 4.44. The van der Waals surface area contributed by atoms with Crippen LogP contribution in [-0.2, 0) is 11.3 Å². The maximum absolute atomic E-state index is 9.15. The number of aliphatic hydroxyl groups is 1. The Balaban J connectivity index is 2.12. The highest BCUT2D eigenvalue weighted by Crippen LogP contribution is 2.28. The summed E-state index contributed by atoms with van der Waals surface area (Å²) in [4.78, 5) is 2.16. The fraction of sp³-hybridized carbons (Fsp3) is 0.538. The number of anilines is 1. The number of morpholine rings is 1. The third kappa shape index (κ3) is 3.14. The Morgan fingerprint density at radius 1 is 1.56 bits per heavy atom. The molecule has 4 nitrogen and oxygen atoms in total. The Hall–Kier alpha value is -0.810. The van der Waals surface area contributed by atoms with E-state index in [0.29, 0.717) is 13.2 Å². The van der Waals surface area contributed by atoms with Gasteiger partial charge in [-0.3, -0.25) is 0 Å². The van der Waals surface area contributed by atoms with Crippen LogP contribution in [0.15, 0.2) is 18.2 Å². The summed E-state index contributed by atoms with van der Waals surface area (Å²) in [6.07, 6.45) is -0.119. The van der Waals surface area contributed by atoms with Crippen LogP contribution in [0, 0.1) is 0 Å². The second-order valence-corrected chi connectivity index (χ2v) is 4.84. The van der Waals surface area contributed by atoms with Gasteiger partial charge in [-0.25, -0.2) is 0 Å². The minimum absolute atomic E-state index is 0.0476. The van der Waals surface area contributed by atoms with E-state index in [-0.39, 0.29) is 12.7 Å². The SMILES string of the molecule is CNCc1ccc(N2CCOC(CO)C2)c(Cl)c1. The average Bonchev–Trinajstić information content (AvgIpc) is 2.39. The maximum atomic E-state index is 9.15. The molecular formula is C13H19ClN2O2. The van der Waals surface area contributed by atoms with Crippen molar-refractivity contribution in [1.82, 2.24) is 5.32 Å². The van der Waals surface area contributed by atoms with Gasteiger partial charge in [-0.05, 0) is 24.7 Å². The predicted octanol–water partition coefficient (Wildman–Crippen LogP) is 1.26. The van der Waals surface area contributed by atoms with Gasteiger partial charge in [-0.2, -0.15) is 0 Å². The number of rotatable bonds is 4. The zero-order chi connectivity index (χ0) is 13.0. The summed E-state index contributed by atoms with van der Waals surface area (Å²) in [7, 11) is 1.91. The van der Waals surface area contributed by atoms with E-state index in [2.05, 4.69) is 16.3 Å². The maximum Gasteiger partial charge on any atom is 0.0980 e. The summed E-state index contributed by atoms with van der Waals surface area (Å²) in [5.41, 5.74) is 2.18. The summed E-state index contributed by atoms with van der Waals surface area (Å²) in [5.74, 6) is 0. The molecule has 1 atom stereocenters.